The molecule has 5 aromatic rings. The van der Waals surface area contributed by atoms with E-state index < -0.39 is 11.9 Å². The van der Waals surface area contributed by atoms with Gasteiger partial charge >= 0.3 is 0 Å². The largest absolute Gasteiger partial charge is 0.376 e. The van der Waals surface area contributed by atoms with E-state index in [9.17, 15) is 19.2 Å². The summed E-state index contributed by atoms with van der Waals surface area (Å²) in [4.78, 5) is 56.5. The molecule has 0 radical (unpaired) electrons. The maximum absolute atomic E-state index is 13.6. The van der Waals surface area contributed by atoms with Crippen LogP contribution in [0.4, 0.5) is 5.69 Å². The summed E-state index contributed by atoms with van der Waals surface area (Å²) in [5.74, 6) is 0.0632. The minimum atomic E-state index is -0.584. The first-order valence-corrected chi connectivity index (χ1v) is 16.5. The Morgan fingerprint density at radius 1 is 0.833 bits per heavy atom. The molecule has 1 aromatic heterocycles. The number of ketones is 2. The van der Waals surface area contributed by atoms with Crippen molar-refractivity contribution in [3.05, 3.63) is 131 Å². The average Bonchev–Trinajstić information content (AvgIpc) is 3.42. The Balaban J connectivity index is 1.13. The van der Waals surface area contributed by atoms with Crippen molar-refractivity contribution in [2.75, 3.05) is 11.9 Å². The molecule has 4 aromatic carbocycles. The van der Waals surface area contributed by atoms with Crippen LogP contribution in [0.2, 0.25) is 0 Å². The summed E-state index contributed by atoms with van der Waals surface area (Å²) in [6.07, 6.45) is 3.38. The van der Waals surface area contributed by atoms with Gasteiger partial charge in [0.25, 0.3) is 5.91 Å². The topological polar surface area (TPSA) is 136 Å². The van der Waals surface area contributed by atoms with Gasteiger partial charge in [-0.05, 0) is 73.1 Å². The molecule has 9 nitrogen and oxygen atoms in total. The van der Waals surface area contributed by atoms with E-state index in [4.69, 9.17) is 10.7 Å². The highest BCUT2D eigenvalue weighted by atomic mass is 16.2. The summed E-state index contributed by atoms with van der Waals surface area (Å²) in [7, 11) is 0. The normalized spacial score (nSPS) is 19.3. The first-order valence-electron chi connectivity index (χ1n) is 16.5. The van der Waals surface area contributed by atoms with E-state index in [1.165, 1.54) is 5.56 Å². The lowest BCUT2D eigenvalue weighted by Gasteiger charge is -2.30. The first kappa shape index (κ1) is 31.1. The second kappa shape index (κ2) is 13.3. The van der Waals surface area contributed by atoms with Crippen LogP contribution in [-0.4, -0.2) is 39.5 Å². The number of Topliss-reactive ketones (excluding diaryl/α,β-unsaturated/α-hetero) is 2. The summed E-state index contributed by atoms with van der Waals surface area (Å²) in [6.45, 7) is 0.496. The van der Waals surface area contributed by atoms with Crippen molar-refractivity contribution in [3.8, 4) is 0 Å². The monoisotopic (exact) mass is 639 g/mol. The van der Waals surface area contributed by atoms with E-state index in [0.29, 0.717) is 34.7 Å². The molecule has 9 heteroatoms. The van der Waals surface area contributed by atoms with Crippen LogP contribution in [0.1, 0.15) is 92.1 Å². The molecular formula is C39H37N5O4. The predicted molar refractivity (Wildman–Crippen MR) is 184 cm³/mol. The molecule has 1 aliphatic heterocycles. The van der Waals surface area contributed by atoms with Gasteiger partial charge in [0.05, 0.1) is 29.2 Å². The van der Waals surface area contributed by atoms with Crippen molar-refractivity contribution in [1.29, 1.82) is 0 Å². The van der Waals surface area contributed by atoms with Crippen molar-refractivity contribution in [1.82, 2.24) is 14.9 Å². The maximum atomic E-state index is 13.6. The first-order chi connectivity index (χ1) is 23.4. The quantitative estimate of drug-likeness (QED) is 0.165. The molecule has 0 bridgehead atoms. The molecule has 1 aliphatic carbocycles. The summed E-state index contributed by atoms with van der Waals surface area (Å²) in [5, 5.41) is 6.10. The molecule has 2 heterocycles. The van der Waals surface area contributed by atoms with E-state index in [-0.39, 0.29) is 42.3 Å². The van der Waals surface area contributed by atoms with Crippen LogP contribution in [0, 0.1) is 5.92 Å². The Bertz CT molecular complexity index is 2000. The third-order valence-corrected chi connectivity index (χ3v) is 9.73. The van der Waals surface area contributed by atoms with Gasteiger partial charge in [-0.3, -0.25) is 19.2 Å². The fourth-order valence-corrected chi connectivity index (χ4v) is 7.36. The number of fused-ring (bicyclic) bond motifs is 2. The van der Waals surface area contributed by atoms with Crippen molar-refractivity contribution in [2.45, 2.75) is 50.6 Å². The molecule has 7 rings (SSSR count). The molecule has 48 heavy (non-hydrogen) atoms. The van der Waals surface area contributed by atoms with Crippen LogP contribution in [0.25, 0.3) is 11.0 Å². The number of nitrogens with zero attached hydrogens (tertiary/aromatic N) is 2. The fourth-order valence-electron chi connectivity index (χ4n) is 7.36. The van der Waals surface area contributed by atoms with E-state index in [0.717, 1.165) is 42.3 Å². The standard InChI is InChI=1S/C39H37N5O4/c40-36(46)22-41-31-14-6-5-13-30(31)37(47)25-19-17-24(18-20-25)27-10-2-1-9-26(27)23-44-34-16-8-7-15-32(34)42-38(44)33-21-35(45)28-11-3-4-12-29(28)39(48)43-33/h1-16,24-25,33,41H,17-23H2,(H2,40,46)(H,43,48)/t24?,25?,33-/m0/s1. The molecule has 1 fully saturated rings. The minimum absolute atomic E-state index is 0.0290. The molecule has 0 saturated heterocycles. The lowest BCUT2D eigenvalue weighted by atomic mass is 9.75. The van der Waals surface area contributed by atoms with Crippen LogP contribution in [0.3, 0.4) is 0 Å². The van der Waals surface area contributed by atoms with Gasteiger partial charge in [0.1, 0.15) is 5.82 Å². The van der Waals surface area contributed by atoms with Gasteiger partial charge < -0.3 is 20.9 Å². The Morgan fingerprint density at radius 3 is 2.33 bits per heavy atom. The summed E-state index contributed by atoms with van der Waals surface area (Å²) in [5.41, 5.74) is 11.5. The van der Waals surface area contributed by atoms with Crippen LogP contribution < -0.4 is 16.4 Å². The number of anilines is 1. The number of carbonyl (C=O) groups is 4. The highest BCUT2D eigenvalue weighted by Crippen LogP contribution is 2.40. The molecule has 0 unspecified atom stereocenters. The number of rotatable bonds is 9. The van der Waals surface area contributed by atoms with Crippen LogP contribution in [0.5, 0.6) is 0 Å². The predicted octanol–water partition coefficient (Wildman–Crippen LogP) is 6.20. The smallest absolute Gasteiger partial charge is 0.252 e. The van der Waals surface area contributed by atoms with E-state index in [1.54, 1.807) is 30.3 Å². The van der Waals surface area contributed by atoms with Crippen molar-refractivity contribution in [2.24, 2.45) is 11.7 Å². The molecule has 2 amide bonds. The average molecular weight is 640 g/mol. The van der Waals surface area contributed by atoms with E-state index in [2.05, 4.69) is 33.4 Å². The molecule has 242 valence electrons. The van der Waals surface area contributed by atoms with E-state index >= 15 is 0 Å². The van der Waals surface area contributed by atoms with Gasteiger partial charge in [-0.25, -0.2) is 4.98 Å². The Kier molecular flexibility index (Phi) is 8.59. The number of carbonyl (C=O) groups excluding carboxylic acids is 4. The van der Waals surface area contributed by atoms with Crippen LogP contribution >= 0.6 is 0 Å². The van der Waals surface area contributed by atoms with Gasteiger partial charge in [0.2, 0.25) is 5.91 Å². The molecule has 1 atom stereocenters. The number of nitrogens with two attached hydrogens (primary N) is 1. The summed E-state index contributed by atoms with van der Waals surface area (Å²) < 4.78 is 2.13. The molecule has 4 N–H and O–H groups in total. The van der Waals surface area contributed by atoms with Gasteiger partial charge in [0, 0.05) is 35.7 Å². The number of imidazole rings is 1. The zero-order valence-corrected chi connectivity index (χ0v) is 26.5. The number of nitrogens with one attached hydrogen (secondary N) is 2. The number of primary amides is 1. The Morgan fingerprint density at radius 2 is 1.52 bits per heavy atom. The van der Waals surface area contributed by atoms with Crippen LogP contribution in [0.15, 0.2) is 97.1 Å². The van der Waals surface area contributed by atoms with Crippen LogP contribution in [-0.2, 0) is 11.3 Å². The lowest BCUT2D eigenvalue weighted by molar-refractivity contribution is -0.116. The maximum Gasteiger partial charge on any atom is 0.252 e. The van der Waals surface area contributed by atoms with Crippen molar-refractivity contribution < 1.29 is 19.2 Å². The second-order valence-corrected chi connectivity index (χ2v) is 12.7. The zero-order valence-electron chi connectivity index (χ0n) is 26.5. The third kappa shape index (κ3) is 6.11. The fraction of sp³-hybridized carbons (Fsp3) is 0.256. The lowest BCUT2D eigenvalue weighted by Crippen LogP contribution is -2.29. The van der Waals surface area contributed by atoms with Gasteiger partial charge in [-0.2, -0.15) is 0 Å². The molecular weight excluding hydrogens is 602 g/mol. The van der Waals surface area contributed by atoms with E-state index in [1.807, 2.05) is 48.5 Å². The SMILES string of the molecule is NC(=O)CNc1ccccc1C(=O)C1CCC(c2ccccc2Cn2c([C@@H]3CC(=O)c4ccccc4C(=O)N3)nc3ccccc32)CC1. The number of hydrogen-bond acceptors (Lipinski definition) is 6. The molecule has 0 spiro atoms. The van der Waals surface area contributed by atoms with Gasteiger partial charge in [0.15, 0.2) is 11.6 Å². The Hall–Kier alpha value is -5.57. The number of amides is 2. The van der Waals surface area contributed by atoms with Crippen molar-refractivity contribution in [3.63, 3.8) is 0 Å². The Labute approximate surface area is 278 Å². The highest BCUT2D eigenvalue weighted by molar-refractivity contribution is 6.10. The summed E-state index contributed by atoms with van der Waals surface area (Å²) in [6, 6.07) is 30.0. The van der Waals surface area contributed by atoms with Gasteiger partial charge in [-0.15, -0.1) is 0 Å². The number of hydrogen-bond donors (Lipinski definition) is 3. The number of aromatic nitrogens is 2. The molecule has 2 aliphatic rings. The third-order valence-electron chi connectivity index (χ3n) is 9.73. The van der Waals surface area contributed by atoms with Crippen molar-refractivity contribution >= 4 is 40.1 Å². The number of benzene rings is 4. The number of para-hydroxylation sites is 3. The highest BCUT2D eigenvalue weighted by Gasteiger charge is 2.33. The summed E-state index contributed by atoms with van der Waals surface area (Å²) >= 11 is 0. The second-order valence-electron chi connectivity index (χ2n) is 12.7. The zero-order chi connectivity index (χ0) is 33.2. The van der Waals surface area contributed by atoms with Gasteiger partial charge in [-0.1, -0.05) is 66.7 Å². The molecule has 1 saturated carbocycles. The minimum Gasteiger partial charge on any atom is -0.376 e.